The predicted octanol–water partition coefficient (Wildman–Crippen LogP) is 4.34. The Morgan fingerprint density at radius 3 is 2.34 bits per heavy atom. The molecule has 0 fully saturated rings. The van der Waals surface area contributed by atoms with Crippen LogP contribution in [0.3, 0.4) is 0 Å². The first-order chi connectivity index (χ1) is 20.6. The number of carbonyl (C=O) groups is 2. The second-order valence-electron chi connectivity index (χ2n) is 12.7. The highest BCUT2D eigenvalue weighted by atomic mass is 31.2. The molecule has 0 spiro atoms. The highest BCUT2D eigenvalue weighted by Gasteiger charge is 2.46. The van der Waals surface area contributed by atoms with Crippen LogP contribution in [0.1, 0.15) is 71.4 Å². The summed E-state index contributed by atoms with van der Waals surface area (Å²) in [5, 5.41) is 22.5. The Balaban J connectivity index is 1.52. The SMILES string of the molecule is CCN1/C(=C/C2=C([O-])C(=CC3=[N+](CCCCCC(=O)O)c4ccccc4C3(C)C)C2=O)C(C)(C)c2cc(P(=O)(O)O)ccc21. The summed E-state index contributed by atoms with van der Waals surface area (Å²) in [5.41, 5.74) is 4.27. The molecule has 0 unspecified atom stereocenters. The zero-order valence-corrected chi connectivity index (χ0v) is 26.6. The lowest BCUT2D eigenvalue weighted by Gasteiger charge is -2.32. The number of aliphatic carboxylic acids is 1. The first-order valence-electron chi connectivity index (χ1n) is 14.9. The van der Waals surface area contributed by atoms with E-state index in [1.807, 2.05) is 43.9 Å². The van der Waals surface area contributed by atoms with Crippen molar-refractivity contribution in [3.05, 3.63) is 88.3 Å². The number of hydrogen-bond donors (Lipinski definition) is 3. The summed E-state index contributed by atoms with van der Waals surface area (Å²) in [7, 11) is -4.46. The van der Waals surface area contributed by atoms with Gasteiger partial charge in [-0.1, -0.05) is 37.8 Å². The topological polar surface area (TPSA) is 141 Å². The highest BCUT2D eigenvalue weighted by molar-refractivity contribution is 7.60. The standard InChI is InChI=1S/C34H39N2O7P/c1-6-35-27-16-15-21(44(41,42)43)18-25(27)34(4,5)28(35)19-22-31(39)23(32(22)40)20-29-33(2,3)24-12-9-10-13-26(24)36(29)17-11-7-8-14-30(37)38/h9-10,12-13,15-16,18-20H,6-8,11,14,17H2,1-5H3,(H3-,37,38,39,40,41,42,43). The van der Waals surface area contributed by atoms with E-state index in [9.17, 15) is 29.0 Å². The summed E-state index contributed by atoms with van der Waals surface area (Å²) in [4.78, 5) is 46.0. The Bertz CT molecular complexity index is 1740. The lowest BCUT2D eigenvalue weighted by atomic mass is 9.77. The molecule has 232 valence electrons. The molecule has 2 aromatic rings. The molecule has 2 aromatic carbocycles. The molecule has 0 aromatic heterocycles. The van der Waals surface area contributed by atoms with Crippen LogP contribution >= 0.6 is 7.60 Å². The first kappa shape index (κ1) is 31.6. The van der Waals surface area contributed by atoms with Gasteiger partial charge in [0.25, 0.3) is 0 Å². The molecular formula is C34H39N2O7P. The van der Waals surface area contributed by atoms with Gasteiger partial charge in [-0.05, 0) is 63.5 Å². The number of likely N-dealkylation sites (N-methyl/N-ethyl adjacent to an activating group) is 1. The maximum Gasteiger partial charge on any atom is 0.356 e. The van der Waals surface area contributed by atoms with Gasteiger partial charge < -0.3 is 24.9 Å². The van der Waals surface area contributed by atoms with Gasteiger partial charge in [0.1, 0.15) is 6.54 Å². The molecule has 0 saturated carbocycles. The number of carbonyl (C=O) groups excluding carboxylic acids is 1. The van der Waals surface area contributed by atoms with E-state index < -0.39 is 24.4 Å². The largest absolute Gasteiger partial charge is 0.871 e. The van der Waals surface area contributed by atoms with Crippen molar-refractivity contribution in [1.82, 2.24) is 0 Å². The number of hydrogen-bond acceptors (Lipinski definition) is 5. The molecular weight excluding hydrogens is 579 g/mol. The van der Waals surface area contributed by atoms with Crippen LogP contribution in [0.4, 0.5) is 11.4 Å². The fourth-order valence-electron chi connectivity index (χ4n) is 6.68. The second-order valence-corrected chi connectivity index (χ2v) is 14.3. The third-order valence-corrected chi connectivity index (χ3v) is 10.1. The average molecular weight is 619 g/mol. The molecule has 0 radical (unpaired) electrons. The normalized spacial score (nSPS) is 20.4. The van der Waals surface area contributed by atoms with Gasteiger partial charge >= 0.3 is 13.6 Å². The number of nitrogens with zero attached hydrogens (tertiary/aromatic N) is 2. The molecule has 3 N–H and O–H groups in total. The lowest BCUT2D eigenvalue weighted by Crippen LogP contribution is -2.35. The number of para-hydroxylation sites is 1. The Labute approximate surface area is 257 Å². The number of fused-ring (bicyclic) bond motifs is 2. The van der Waals surface area contributed by atoms with Gasteiger partial charge in [0.05, 0.1) is 10.7 Å². The number of carboxylic acid groups (broad SMARTS) is 1. The van der Waals surface area contributed by atoms with E-state index in [2.05, 4.69) is 24.5 Å². The Morgan fingerprint density at radius 2 is 1.70 bits per heavy atom. The maximum atomic E-state index is 13.6. The third kappa shape index (κ3) is 5.27. The quantitative estimate of drug-likeness (QED) is 0.155. The van der Waals surface area contributed by atoms with E-state index in [0.29, 0.717) is 19.5 Å². The monoisotopic (exact) mass is 618 g/mol. The molecule has 2 heterocycles. The number of allylic oxidation sites excluding steroid dienone is 5. The Hall–Kier alpha value is -3.78. The minimum Gasteiger partial charge on any atom is -0.871 e. The Kier molecular flexibility index (Phi) is 8.12. The van der Waals surface area contributed by atoms with Gasteiger partial charge in [-0.2, -0.15) is 4.58 Å². The van der Waals surface area contributed by atoms with Crippen LogP contribution in [-0.4, -0.2) is 50.0 Å². The minimum atomic E-state index is -4.46. The summed E-state index contributed by atoms with van der Waals surface area (Å²) >= 11 is 0. The summed E-state index contributed by atoms with van der Waals surface area (Å²) < 4.78 is 14.1. The molecule has 9 nitrogen and oxygen atoms in total. The number of benzene rings is 2. The second kappa shape index (κ2) is 11.3. The molecule has 3 aliphatic rings. The number of Topliss-reactive ketones (excluding diaryl/α,β-unsaturated/α-hetero) is 1. The molecule has 1 aliphatic carbocycles. The van der Waals surface area contributed by atoms with E-state index in [-0.39, 0.29) is 34.4 Å². The zero-order valence-electron chi connectivity index (χ0n) is 25.8. The number of ketones is 1. The van der Waals surface area contributed by atoms with Crippen LogP contribution in [-0.2, 0) is 25.0 Å². The first-order valence-corrected chi connectivity index (χ1v) is 16.6. The van der Waals surface area contributed by atoms with Crippen LogP contribution in [0.2, 0.25) is 0 Å². The van der Waals surface area contributed by atoms with E-state index in [4.69, 9.17) is 5.11 Å². The van der Waals surface area contributed by atoms with Crippen LogP contribution in [0, 0.1) is 0 Å². The van der Waals surface area contributed by atoms with Crippen LogP contribution < -0.4 is 15.3 Å². The minimum absolute atomic E-state index is 0.0704. The summed E-state index contributed by atoms with van der Waals surface area (Å²) in [6.07, 6.45) is 5.60. The zero-order chi connectivity index (χ0) is 32.2. The maximum absolute atomic E-state index is 13.6. The van der Waals surface area contributed by atoms with E-state index >= 15 is 0 Å². The molecule has 0 atom stereocenters. The Morgan fingerprint density at radius 1 is 1.00 bits per heavy atom. The fraction of sp³-hybridized carbons (Fsp3) is 0.382. The van der Waals surface area contributed by atoms with Gasteiger partial charge in [-0.25, -0.2) is 0 Å². The number of rotatable bonds is 10. The van der Waals surface area contributed by atoms with Crippen molar-refractivity contribution in [2.24, 2.45) is 0 Å². The van der Waals surface area contributed by atoms with Crippen LogP contribution in [0.15, 0.2) is 77.2 Å². The lowest BCUT2D eigenvalue weighted by molar-refractivity contribution is -0.438. The summed E-state index contributed by atoms with van der Waals surface area (Å²) in [6, 6.07) is 12.7. The molecule has 44 heavy (non-hydrogen) atoms. The molecule has 0 amide bonds. The highest BCUT2D eigenvalue weighted by Crippen LogP contribution is 2.50. The molecule has 5 rings (SSSR count). The van der Waals surface area contributed by atoms with Gasteiger partial charge in [-0.15, -0.1) is 0 Å². The predicted molar refractivity (Wildman–Crippen MR) is 168 cm³/mol. The molecule has 2 aliphatic heterocycles. The average Bonchev–Trinajstić information content (AvgIpc) is 3.31. The third-order valence-electron chi connectivity index (χ3n) is 9.14. The molecule has 0 saturated heterocycles. The van der Waals surface area contributed by atoms with E-state index in [1.54, 1.807) is 18.2 Å². The molecule has 0 bridgehead atoms. The van der Waals surface area contributed by atoms with Crippen molar-refractivity contribution in [2.75, 3.05) is 18.0 Å². The number of carboxylic acids is 1. The van der Waals surface area contributed by atoms with Crippen molar-refractivity contribution in [1.29, 1.82) is 0 Å². The van der Waals surface area contributed by atoms with Gasteiger partial charge in [0, 0.05) is 65.0 Å². The summed E-state index contributed by atoms with van der Waals surface area (Å²) in [5.74, 6) is -1.47. The van der Waals surface area contributed by atoms with Crippen LogP contribution in [0.25, 0.3) is 0 Å². The van der Waals surface area contributed by atoms with Crippen LogP contribution in [0.5, 0.6) is 0 Å². The fourth-order valence-corrected chi connectivity index (χ4v) is 7.25. The van der Waals surface area contributed by atoms with Crippen molar-refractivity contribution in [2.45, 2.75) is 71.1 Å². The van der Waals surface area contributed by atoms with E-state index in [1.165, 1.54) is 12.1 Å². The van der Waals surface area contributed by atoms with Gasteiger partial charge in [0.2, 0.25) is 5.69 Å². The van der Waals surface area contributed by atoms with E-state index in [0.717, 1.165) is 46.8 Å². The summed E-state index contributed by atoms with van der Waals surface area (Å²) in [6.45, 7) is 11.1. The smallest absolute Gasteiger partial charge is 0.356 e. The van der Waals surface area contributed by atoms with Crippen molar-refractivity contribution in [3.63, 3.8) is 0 Å². The van der Waals surface area contributed by atoms with Crippen molar-refractivity contribution < 1.29 is 38.7 Å². The number of anilines is 1. The molecule has 10 heteroatoms. The number of unbranched alkanes of at least 4 members (excludes halogenated alkanes) is 2. The van der Waals surface area contributed by atoms with Crippen molar-refractivity contribution >= 4 is 41.7 Å². The van der Waals surface area contributed by atoms with Gasteiger partial charge in [0.15, 0.2) is 11.5 Å². The van der Waals surface area contributed by atoms with Crippen molar-refractivity contribution in [3.8, 4) is 0 Å². The van der Waals surface area contributed by atoms with Gasteiger partial charge in [-0.3, -0.25) is 14.2 Å².